The van der Waals surface area contributed by atoms with E-state index in [9.17, 15) is 32.7 Å². The average molecular weight is 714 g/mol. The van der Waals surface area contributed by atoms with Crippen molar-refractivity contribution >= 4 is 46.1 Å². The largest absolute Gasteiger partial charge is 0.504 e. The van der Waals surface area contributed by atoms with E-state index in [0.717, 1.165) is 28.3 Å². The SMILES string of the molecule is CCc1c(N2C[C@H]3CN(C(=O)c4ncnc(C)c4O)[C@H]3C2)c(=O)n2nc(C3=CCOCC3)nc2n1CC(=O)Nc1ccc(C(F)(F)F)cc1Cl. The van der Waals surface area contributed by atoms with Crippen LogP contribution in [0.2, 0.25) is 5.02 Å². The van der Waals surface area contributed by atoms with Crippen molar-refractivity contribution in [2.45, 2.75) is 45.5 Å². The maximum Gasteiger partial charge on any atom is 0.416 e. The van der Waals surface area contributed by atoms with Gasteiger partial charge in [-0.25, -0.2) is 9.97 Å². The van der Waals surface area contributed by atoms with Gasteiger partial charge in [0.1, 0.15) is 18.6 Å². The van der Waals surface area contributed by atoms with Crippen molar-refractivity contribution in [1.29, 1.82) is 0 Å². The topological polar surface area (TPSA) is 160 Å². The highest BCUT2D eigenvalue weighted by Gasteiger charge is 2.49. The van der Waals surface area contributed by atoms with Crippen LogP contribution in [0.5, 0.6) is 5.75 Å². The summed E-state index contributed by atoms with van der Waals surface area (Å²) >= 11 is 6.12. The number of anilines is 2. The lowest BCUT2D eigenvalue weighted by atomic mass is 9.91. The van der Waals surface area contributed by atoms with E-state index in [4.69, 9.17) is 16.3 Å². The summed E-state index contributed by atoms with van der Waals surface area (Å²) in [7, 11) is 0. The molecule has 3 aliphatic heterocycles. The summed E-state index contributed by atoms with van der Waals surface area (Å²) in [6, 6.07) is 2.37. The first-order valence-corrected chi connectivity index (χ1v) is 16.3. The number of nitrogens with one attached hydrogen (secondary N) is 1. The number of nitrogens with zero attached hydrogens (tertiary/aromatic N) is 8. The lowest BCUT2D eigenvalue weighted by Gasteiger charge is -2.43. The molecule has 3 aromatic heterocycles. The predicted molar refractivity (Wildman–Crippen MR) is 174 cm³/mol. The molecule has 2 atom stereocenters. The predicted octanol–water partition coefficient (Wildman–Crippen LogP) is 3.33. The minimum absolute atomic E-state index is 0.0136. The Bertz CT molecular complexity index is 2130. The van der Waals surface area contributed by atoms with Crippen LogP contribution >= 0.6 is 11.6 Å². The Balaban J connectivity index is 1.24. The van der Waals surface area contributed by atoms with E-state index >= 15 is 0 Å². The van der Waals surface area contributed by atoms with Crippen molar-refractivity contribution in [1.82, 2.24) is 34.0 Å². The van der Waals surface area contributed by atoms with E-state index in [2.05, 4.69) is 25.4 Å². The number of ether oxygens (including phenoxy) is 1. The average Bonchev–Trinajstić information content (AvgIpc) is 3.66. The maximum absolute atomic E-state index is 14.3. The highest BCUT2D eigenvalue weighted by molar-refractivity contribution is 6.33. The fraction of sp³-hybridized carbons (Fsp3) is 0.406. The lowest BCUT2D eigenvalue weighted by Crippen LogP contribution is -2.58. The monoisotopic (exact) mass is 713 g/mol. The molecule has 4 aromatic rings. The molecule has 50 heavy (non-hydrogen) atoms. The number of likely N-dealkylation sites (tertiary alicyclic amines) is 1. The number of aromatic hydroxyl groups is 1. The summed E-state index contributed by atoms with van der Waals surface area (Å²) in [5.74, 6) is -0.895. The number of aromatic nitrogens is 6. The van der Waals surface area contributed by atoms with Crippen LogP contribution in [0.4, 0.5) is 24.5 Å². The van der Waals surface area contributed by atoms with Crippen LogP contribution in [0.1, 0.15) is 46.6 Å². The number of benzene rings is 1. The summed E-state index contributed by atoms with van der Waals surface area (Å²) < 4.78 is 47.7. The quantitative estimate of drug-likeness (QED) is 0.291. The fourth-order valence-electron chi connectivity index (χ4n) is 6.73. The summed E-state index contributed by atoms with van der Waals surface area (Å²) in [5, 5.41) is 17.3. The molecule has 0 aliphatic carbocycles. The molecular formula is C32H31ClF3N9O5. The van der Waals surface area contributed by atoms with Crippen LogP contribution < -0.4 is 15.8 Å². The first-order chi connectivity index (χ1) is 23.8. The third kappa shape index (κ3) is 5.83. The zero-order valence-electron chi connectivity index (χ0n) is 26.9. The normalized spacial score (nSPS) is 19.0. The van der Waals surface area contributed by atoms with Gasteiger partial charge >= 0.3 is 6.18 Å². The number of fused-ring (bicyclic) bond motifs is 2. The van der Waals surface area contributed by atoms with Crippen LogP contribution in [0.15, 0.2) is 35.4 Å². The second-order valence-corrected chi connectivity index (χ2v) is 12.7. The van der Waals surface area contributed by atoms with E-state index in [0.29, 0.717) is 62.9 Å². The van der Waals surface area contributed by atoms with Crippen LogP contribution in [-0.4, -0.2) is 89.8 Å². The molecule has 0 unspecified atom stereocenters. The summed E-state index contributed by atoms with van der Waals surface area (Å²) in [6.07, 6.45) is -0.741. The van der Waals surface area contributed by atoms with Gasteiger partial charge in [-0.1, -0.05) is 24.6 Å². The van der Waals surface area contributed by atoms with Crippen molar-refractivity contribution in [3.63, 3.8) is 0 Å². The molecule has 18 heteroatoms. The standard InChI is InChI=1S/C32H31ClF3N9O5/c1-3-22-26(42-11-18-12-43(23(18)13-42)29(48)25-27(47)16(2)37-15-38-25)30(49)45-31(40-28(41-45)17-6-8-50-9-7-17)44(22)14-24(46)39-21-5-4-19(10-20(21)33)32(34,35)36/h4-6,10,15,18,23,47H,3,7-9,11-14H2,1-2H3,(H,39,46)/t18-,23-/m0/s1. The molecule has 262 valence electrons. The van der Waals surface area contributed by atoms with Crippen LogP contribution in [0.25, 0.3) is 11.4 Å². The molecule has 0 radical (unpaired) electrons. The molecule has 2 N–H and O–H groups in total. The van der Waals surface area contributed by atoms with E-state index in [1.807, 2.05) is 17.9 Å². The van der Waals surface area contributed by atoms with Crippen LogP contribution in [0.3, 0.4) is 0 Å². The Morgan fingerprint density at radius 3 is 2.68 bits per heavy atom. The molecule has 3 aliphatic rings. The number of amides is 2. The molecule has 0 spiro atoms. The van der Waals surface area contributed by atoms with Gasteiger partial charge in [0.05, 0.1) is 46.9 Å². The van der Waals surface area contributed by atoms with Crippen molar-refractivity contribution in [3.05, 3.63) is 74.4 Å². The molecular weight excluding hydrogens is 683 g/mol. The highest BCUT2D eigenvalue weighted by atomic mass is 35.5. The van der Waals surface area contributed by atoms with Crippen molar-refractivity contribution in [2.24, 2.45) is 5.92 Å². The minimum Gasteiger partial charge on any atom is -0.504 e. The Kier molecular flexibility index (Phi) is 8.50. The Morgan fingerprint density at radius 2 is 1.98 bits per heavy atom. The molecule has 2 amide bonds. The molecule has 2 saturated heterocycles. The zero-order valence-corrected chi connectivity index (χ0v) is 27.6. The first kappa shape index (κ1) is 33.5. The van der Waals surface area contributed by atoms with Crippen LogP contribution in [0, 0.1) is 12.8 Å². The number of hydrogen-bond acceptors (Lipinski definition) is 10. The van der Waals surface area contributed by atoms with E-state index < -0.39 is 29.1 Å². The second-order valence-electron chi connectivity index (χ2n) is 12.3. The first-order valence-electron chi connectivity index (χ1n) is 15.9. The third-order valence-corrected chi connectivity index (χ3v) is 9.62. The number of carbonyl (C=O) groups is 2. The Hall–Kier alpha value is -5.03. The number of halogens is 4. The number of hydrogen-bond donors (Lipinski definition) is 2. The Morgan fingerprint density at radius 1 is 1.18 bits per heavy atom. The van der Waals surface area contributed by atoms with Gasteiger partial charge in [-0.15, -0.1) is 5.10 Å². The van der Waals surface area contributed by atoms with Gasteiger partial charge in [-0.2, -0.15) is 22.7 Å². The third-order valence-electron chi connectivity index (χ3n) is 9.31. The molecule has 1 aromatic carbocycles. The molecule has 0 bridgehead atoms. The van der Waals surface area contributed by atoms with Gasteiger partial charge in [0.25, 0.3) is 11.5 Å². The van der Waals surface area contributed by atoms with Gasteiger partial charge in [-0.05, 0) is 43.5 Å². The number of aryl methyl sites for hydroxylation is 1. The molecule has 7 rings (SSSR count). The van der Waals surface area contributed by atoms with Gasteiger partial charge in [0.15, 0.2) is 17.3 Å². The summed E-state index contributed by atoms with van der Waals surface area (Å²) in [5.41, 5.74) is 0.326. The van der Waals surface area contributed by atoms with Gasteiger partial charge < -0.3 is 29.5 Å². The number of rotatable bonds is 7. The van der Waals surface area contributed by atoms with Crippen molar-refractivity contribution < 1.29 is 32.6 Å². The summed E-state index contributed by atoms with van der Waals surface area (Å²) in [6.45, 7) is 4.97. The number of alkyl halides is 3. The zero-order chi connectivity index (χ0) is 35.5. The fourth-order valence-corrected chi connectivity index (χ4v) is 6.96. The van der Waals surface area contributed by atoms with E-state index in [1.165, 1.54) is 6.33 Å². The second kappa shape index (κ2) is 12.7. The van der Waals surface area contributed by atoms with Gasteiger partial charge in [-0.3, -0.25) is 14.4 Å². The Labute approximate surface area is 287 Å². The molecule has 6 heterocycles. The van der Waals surface area contributed by atoms with Crippen LogP contribution in [-0.2, 0) is 28.7 Å². The molecule has 0 saturated carbocycles. The molecule has 14 nitrogen and oxygen atoms in total. The number of carbonyl (C=O) groups excluding carboxylic acids is 2. The van der Waals surface area contributed by atoms with E-state index in [-0.39, 0.29) is 52.1 Å². The van der Waals surface area contributed by atoms with Crippen molar-refractivity contribution in [2.75, 3.05) is 43.1 Å². The molecule has 2 fully saturated rings. The summed E-state index contributed by atoms with van der Waals surface area (Å²) in [4.78, 5) is 57.2. The van der Waals surface area contributed by atoms with Gasteiger partial charge in [0.2, 0.25) is 11.7 Å². The minimum atomic E-state index is -4.61. The van der Waals surface area contributed by atoms with E-state index in [1.54, 1.807) is 16.4 Å². The van der Waals surface area contributed by atoms with Gasteiger partial charge in [0, 0.05) is 25.6 Å². The maximum atomic E-state index is 14.3. The smallest absolute Gasteiger partial charge is 0.416 e. The highest BCUT2D eigenvalue weighted by Crippen LogP contribution is 2.38. The lowest BCUT2D eigenvalue weighted by molar-refractivity contribution is -0.137. The van der Waals surface area contributed by atoms with Crippen molar-refractivity contribution in [3.8, 4) is 5.75 Å².